The fraction of sp³-hybridized carbons (Fsp3) is 0.500. The molecule has 0 bridgehead atoms. The molecule has 1 aromatic carbocycles. The standard InChI is InChI=1S/C12H15Cl2NS/c1-8-11(3-2-6-16-8)15-12-7-9(13)4-5-10(12)14/h4-5,7-8,11,15H,2-3,6H2,1H3. The number of halogens is 2. The lowest BCUT2D eigenvalue weighted by molar-refractivity contribution is 0.617. The highest BCUT2D eigenvalue weighted by atomic mass is 35.5. The molecule has 0 aromatic heterocycles. The van der Waals surface area contributed by atoms with Crippen LogP contribution in [0.2, 0.25) is 10.0 Å². The molecule has 2 atom stereocenters. The van der Waals surface area contributed by atoms with Crippen molar-refractivity contribution in [3.05, 3.63) is 28.2 Å². The van der Waals surface area contributed by atoms with Crippen LogP contribution in [0.1, 0.15) is 19.8 Å². The van der Waals surface area contributed by atoms with Gasteiger partial charge in [-0.15, -0.1) is 0 Å². The van der Waals surface area contributed by atoms with Crippen LogP contribution in [0, 0.1) is 0 Å². The highest BCUT2D eigenvalue weighted by Crippen LogP contribution is 2.31. The molecule has 1 fully saturated rings. The maximum Gasteiger partial charge on any atom is 0.0638 e. The number of hydrogen-bond donors (Lipinski definition) is 1. The smallest absolute Gasteiger partial charge is 0.0638 e. The van der Waals surface area contributed by atoms with Gasteiger partial charge in [0.1, 0.15) is 0 Å². The third-order valence-corrected chi connectivity index (χ3v) is 4.82. The number of nitrogens with one attached hydrogen (secondary N) is 1. The number of anilines is 1. The van der Waals surface area contributed by atoms with Gasteiger partial charge in [0, 0.05) is 16.3 Å². The summed E-state index contributed by atoms with van der Waals surface area (Å²) in [5.74, 6) is 1.27. The summed E-state index contributed by atoms with van der Waals surface area (Å²) in [7, 11) is 0. The molecular formula is C12H15Cl2NS. The Morgan fingerprint density at radius 3 is 2.94 bits per heavy atom. The fourth-order valence-electron chi connectivity index (χ4n) is 1.92. The van der Waals surface area contributed by atoms with E-state index in [4.69, 9.17) is 23.2 Å². The predicted molar refractivity (Wildman–Crippen MR) is 75.0 cm³/mol. The molecule has 16 heavy (non-hydrogen) atoms. The zero-order valence-corrected chi connectivity index (χ0v) is 11.5. The molecule has 0 aliphatic carbocycles. The lowest BCUT2D eigenvalue weighted by atomic mass is 10.1. The Hall–Kier alpha value is -0.0500. The van der Waals surface area contributed by atoms with Crippen molar-refractivity contribution in [2.45, 2.75) is 31.1 Å². The molecule has 0 spiro atoms. The van der Waals surface area contributed by atoms with E-state index < -0.39 is 0 Å². The number of thioether (sulfide) groups is 1. The maximum absolute atomic E-state index is 6.14. The van der Waals surface area contributed by atoms with Gasteiger partial charge in [-0.25, -0.2) is 0 Å². The van der Waals surface area contributed by atoms with Crippen LogP contribution in [-0.2, 0) is 0 Å². The molecule has 1 aliphatic rings. The summed E-state index contributed by atoms with van der Waals surface area (Å²) in [4.78, 5) is 0. The normalized spacial score (nSPS) is 25.4. The van der Waals surface area contributed by atoms with E-state index in [0.29, 0.717) is 11.3 Å². The van der Waals surface area contributed by atoms with E-state index >= 15 is 0 Å². The van der Waals surface area contributed by atoms with E-state index in [-0.39, 0.29) is 0 Å². The third-order valence-electron chi connectivity index (χ3n) is 2.88. The van der Waals surface area contributed by atoms with Crippen molar-refractivity contribution < 1.29 is 0 Å². The van der Waals surface area contributed by atoms with Crippen LogP contribution >= 0.6 is 35.0 Å². The lowest BCUT2D eigenvalue weighted by Crippen LogP contribution is -2.32. The van der Waals surface area contributed by atoms with Gasteiger partial charge in [-0.05, 0) is 36.8 Å². The van der Waals surface area contributed by atoms with E-state index in [2.05, 4.69) is 12.2 Å². The largest absolute Gasteiger partial charge is 0.380 e. The van der Waals surface area contributed by atoms with Crippen molar-refractivity contribution in [1.82, 2.24) is 0 Å². The molecule has 2 unspecified atom stereocenters. The van der Waals surface area contributed by atoms with Crippen LogP contribution in [0.3, 0.4) is 0 Å². The van der Waals surface area contributed by atoms with Gasteiger partial charge >= 0.3 is 0 Å². The van der Waals surface area contributed by atoms with E-state index in [1.54, 1.807) is 0 Å². The first-order chi connectivity index (χ1) is 7.66. The summed E-state index contributed by atoms with van der Waals surface area (Å²) in [5, 5.41) is 5.60. The SMILES string of the molecule is CC1SCCCC1Nc1cc(Cl)ccc1Cl. The molecule has 1 N–H and O–H groups in total. The van der Waals surface area contributed by atoms with Crippen LogP contribution < -0.4 is 5.32 Å². The van der Waals surface area contributed by atoms with Crippen LogP contribution in [-0.4, -0.2) is 17.0 Å². The van der Waals surface area contributed by atoms with E-state index in [9.17, 15) is 0 Å². The minimum atomic E-state index is 0.495. The van der Waals surface area contributed by atoms with Gasteiger partial charge in [-0.1, -0.05) is 30.1 Å². The van der Waals surface area contributed by atoms with Gasteiger partial charge < -0.3 is 5.32 Å². The highest BCUT2D eigenvalue weighted by molar-refractivity contribution is 8.00. The van der Waals surface area contributed by atoms with Crippen molar-refractivity contribution in [2.75, 3.05) is 11.1 Å². The van der Waals surface area contributed by atoms with Crippen molar-refractivity contribution in [3.8, 4) is 0 Å². The Balaban J connectivity index is 2.10. The Kier molecular flexibility index (Phi) is 4.28. The summed E-state index contributed by atoms with van der Waals surface area (Å²) >= 11 is 14.1. The summed E-state index contributed by atoms with van der Waals surface area (Å²) < 4.78 is 0. The van der Waals surface area contributed by atoms with Gasteiger partial charge in [0.25, 0.3) is 0 Å². The van der Waals surface area contributed by atoms with Crippen LogP contribution in [0.15, 0.2) is 18.2 Å². The van der Waals surface area contributed by atoms with Gasteiger partial charge in [0.2, 0.25) is 0 Å². The highest BCUT2D eigenvalue weighted by Gasteiger charge is 2.22. The molecule has 1 aliphatic heterocycles. The molecule has 2 rings (SSSR count). The average molecular weight is 276 g/mol. The van der Waals surface area contributed by atoms with Gasteiger partial charge in [0.05, 0.1) is 10.7 Å². The molecule has 1 heterocycles. The van der Waals surface area contributed by atoms with E-state index in [1.807, 2.05) is 30.0 Å². The molecule has 1 nitrogen and oxygen atoms in total. The van der Waals surface area contributed by atoms with Crippen LogP contribution in [0.5, 0.6) is 0 Å². The molecule has 0 amide bonds. The fourth-order valence-corrected chi connectivity index (χ4v) is 3.41. The van der Waals surface area contributed by atoms with Gasteiger partial charge in [-0.3, -0.25) is 0 Å². The van der Waals surface area contributed by atoms with Crippen LogP contribution in [0.4, 0.5) is 5.69 Å². The van der Waals surface area contributed by atoms with Crippen molar-refractivity contribution in [1.29, 1.82) is 0 Å². The lowest BCUT2D eigenvalue weighted by Gasteiger charge is -2.30. The Bertz CT molecular complexity index is 370. The second kappa shape index (κ2) is 5.52. The van der Waals surface area contributed by atoms with Crippen LogP contribution in [0.25, 0.3) is 0 Å². The minimum Gasteiger partial charge on any atom is -0.380 e. The third kappa shape index (κ3) is 2.99. The quantitative estimate of drug-likeness (QED) is 0.841. The van der Waals surface area contributed by atoms with E-state index in [0.717, 1.165) is 15.7 Å². The summed E-state index contributed by atoms with van der Waals surface area (Å²) in [5.41, 5.74) is 0.952. The first kappa shape index (κ1) is 12.4. The van der Waals surface area contributed by atoms with Gasteiger partial charge in [0.15, 0.2) is 0 Å². The maximum atomic E-state index is 6.14. The molecule has 0 radical (unpaired) electrons. The predicted octanol–water partition coefficient (Wildman–Crippen LogP) is 4.69. The second-order valence-corrected chi connectivity index (χ2v) is 6.42. The molecule has 1 saturated heterocycles. The molecule has 88 valence electrons. The van der Waals surface area contributed by atoms with Crippen molar-refractivity contribution in [2.24, 2.45) is 0 Å². The minimum absolute atomic E-state index is 0.495. The zero-order chi connectivity index (χ0) is 11.5. The van der Waals surface area contributed by atoms with E-state index in [1.165, 1.54) is 18.6 Å². The Morgan fingerprint density at radius 1 is 1.38 bits per heavy atom. The number of rotatable bonds is 2. The topological polar surface area (TPSA) is 12.0 Å². The first-order valence-corrected chi connectivity index (χ1v) is 7.30. The second-order valence-electron chi connectivity index (χ2n) is 4.09. The average Bonchev–Trinajstić information content (AvgIpc) is 2.27. The molecule has 4 heteroatoms. The summed E-state index contributed by atoms with van der Waals surface area (Å²) in [6.07, 6.45) is 2.47. The number of hydrogen-bond acceptors (Lipinski definition) is 2. The number of benzene rings is 1. The van der Waals surface area contributed by atoms with Crippen molar-refractivity contribution in [3.63, 3.8) is 0 Å². The zero-order valence-electron chi connectivity index (χ0n) is 9.17. The van der Waals surface area contributed by atoms with Crippen molar-refractivity contribution >= 4 is 40.7 Å². The van der Waals surface area contributed by atoms with Gasteiger partial charge in [-0.2, -0.15) is 11.8 Å². The first-order valence-electron chi connectivity index (χ1n) is 5.50. The molecule has 1 aromatic rings. The monoisotopic (exact) mass is 275 g/mol. The Labute approximate surface area is 111 Å². The summed E-state index contributed by atoms with van der Waals surface area (Å²) in [6.45, 7) is 2.26. The molecule has 0 saturated carbocycles. The Morgan fingerprint density at radius 2 is 2.19 bits per heavy atom. The summed E-state index contributed by atoms with van der Waals surface area (Å²) in [6, 6.07) is 6.05. The molecular weight excluding hydrogens is 261 g/mol.